The zero-order valence-electron chi connectivity index (χ0n) is 14.8. The topological polar surface area (TPSA) is 88.1 Å². The predicted molar refractivity (Wildman–Crippen MR) is 86.2 cm³/mol. The minimum Gasteiger partial charge on any atom is -0.466 e. The molecule has 0 atom stereocenters. The van der Waals surface area contributed by atoms with Gasteiger partial charge in [-0.2, -0.15) is 0 Å². The van der Waals surface area contributed by atoms with Crippen LogP contribution in [0, 0.1) is 10.8 Å². The van der Waals surface area contributed by atoms with Crippen molar-refractivity contribution in [2.45, 2.75) is 27.7 Å². The molecule has 0 spiro atoms. The molecule has 1 aliphatic heterocycles. The minimum absolute atomic E-state index is 0.0570. The van der Waals surface area contributed by atoms with Gasteiger partial charge in [0, 0.05) is 16.6 Å². The normalized spacial score (nSPS) is 25.8. The van der Waals surface area contributed by atoms with Crippen LogP contribution in [0.15, 0.2) is 22.5 Å². The van der Waals surface area contributed by atoms with Crippen molar-refractivity contribution in [3.63, 3.8) is 0 Å². The molecule has 0 aromatic heterocycles. The molecule has 2 rings (SSSR count). The van der Waals surface area contributed by atoms with Crippen molar-refractivity contribution < 1.29 is 32.7 Å². The molecule has 0 bridgehead atoms. The Morgan fingerprint density at radius 2 is 1.54 bits per heavy atom. The molecule has 2 aliphatic rings. The quantitative estimate of drug-likeness (QED) is 0.566. The first-order valence-electron chi connectivity index (χ1n) is 7.51. The molecular weight excluding hydrogens is 335 g/mol. The lowest BCUT2D eigenvalue weighted by molar-refractivity contribution is -0.141. The number of esters is 2. The van der Waals surface area contributed by atoms with Crippen molar-refractivity contribution in [1.82, 2.24) is 0 Å². The molecular formula is C16H23O7P. The molecule has 1 fully saturated rings. The van der Waals surface area contributed by atoms with E-state index in [1.807, 2.05) is 13.8 Å². The number of ether oxygens (including phenoxy) is 2. The summed E-state index contributed by atoms with van der Waals surface area (Å²) in [7, 11) is -1.05. The summed E-state index contributed by atoms with van der Waals surface area (Å²) in [5.41, 5.74) is -0.417. The third-order valence-electron chi connectivity index (χ3n) is 4.15. The summed E-state index contributed by atoms with van der Waals surface area (Å²) in [6.45, 7) is 7.89. The molecule has 0 aromatic carbocycles. The SMILES string of the molecule is COC(=O)C1=C(C(=O)OC)C(C)(C)/C1=C\P1(=O)OCC(C)(C)CO1. The number of hydrogen-bond acceptors (Lipinski definition) is 7. The Morgan fingerprint density at radius 3 is 2.00 bits per heavy atom. The van der Waals surface area contributed by atoms with Crippen molar-refractivity contribution in [3.05, 3.63) is 22.5 Å². The van der Waals surface area contributed by atoms with Gasteiger partial charge in [-0.1, -0.05) is 27.7 Å². The summed E-state index contributed by atoms with van der Waals surface area (Å²) < 4.78 is 33.1. The summed E-state index contributed by atoms with van der Waals surface area (Å²) in [6.07, 6.45) is 0. The number of methoxy groups -OCH3 is 2. The molecule has 134 valence electrons. The second-order valence-electron chi connectivity index (χ2n) is 7.15. The van der Waals surface area contributed by atoms with Crippen molar-refractivity contribution in [1.29, 1.82) is 0 Å². The maximum Gasteiger partial charge on any atom is 0.354 e. The van der Waals surface area contributed by atoms with E-state index in [2.05, 4.69) is 0 Å². The molecule has 1 aliphatic carbocycles. The van der Waals surface area contributed by atoms with E-state index in [9.17, 15) is 14.2 Å². The maximum absolute atomic E-state index is 12.8. The van der Waals surface area contributed by atoms with Gasteiger partial charge in [0.15, 0.2) is 0 Å². The first-order valence-corrected chi connectivity index (χ1v) is 9.12. The van der Waals surface area contributed by atoms with Crippen molar-refractivity contribution in [2.75, 3.05) is 27.4 Å². The number of rotatable bonds is 3. The summed E-state index contributed by atoms with van der Waals surface area (Å²) in [6, 6.07) is 0. The van der Waals surface area contributed by atoms with Crippen LogP contribution in [0.2, 0.25) is 0 Å². The van der Waals surface area contributed by atoms with Gasteiger partial charge in [0.25, 0.3) is 0 Å². The van der Waals surface area contributed by atoms with Gasteiger partial charge in [-0.25, -0.2) is 9.59 Å². The highest BCUT2D eigenvalue weighted by atomic mass is 31.2. The van der Waals surface area contributed by atoms with Crippen molar-refractivity contribution in [3.8, 4) is 0 Å². The van der Waals surface area contributed by atoms with Crippen LogP contribution in [0.3, 0.4) is 0 Å². The van der Waals surface area contributed by atoms with Gasteiger partial charge in [-0.15, -0.1) is 0 Å². The van der Waals surface area contributed by atoms with Gasteiger partial charge in [0.05, 0.1) is 38.6 Å². The fraction of sp³-hybridized carbons (Fsp3) is 0.625. The zero-order valence-corrected chi connectivity index (χ0v) is 15.7. The van der Waals surface area contributed by atoms with Gasteiger partial charge in [0.1, 0.15) is 0 Å². The van der Waals surface area contributed by atoms with Gasteiger partial charge >= 0.3 is 19.5 Å². The van der Waals surface area contributed by atoms with Crippen LogP contribution in [0.4, 0.5) is 0 Å². The standard InChI is InChI=1S/C16H23O7P/c1-15(2)8-22-24(19,23-9-15)7-10-11(13(17)20-5)12(14(18)21-6)16(10,3)4/h7H,8-9H2,1-6H3/b10-7-. The number of hydrogen-bond donors (Lipinski definition) is 0. The van der Waals surface area contributed by atoms with E-state index >= 15 is 0 Å². The third-order valence-corrected chi connectivity index (χ3v) is 5.71. The average Bonchev–Trinajstić information content (AvgIpc) is 2.52. The summed E-state index contributed by atoms with van der Waals surface area (Å²) >= 11 is 0. The highest BCUT2D eigenvalue weighted by Gasteiger charge is 2.51. The fourth-order valence-electron chi connectivity index (χ4n) is 2.67. The number of carbonyl (C=O) groups excluding carboxylic acids is 2. The molecule has 0 N–H and O–H groups in total. The largest absolute Gasteiger partial charge is 0.466 e. The second-order valence-corrected chi connectivity index (χ2v) is 9.01. The van der Waals surface area contributed by atoms with Crippen LogP contribution in [0.1, 0.15) is 27.7 Å². The smallest absolute Gasteiger partial charge is 0.354 e. The van der Waals surface area contributed by atoms with E-state index in [0.29, 0.717) is 5.57 Å². The summed E-state index contributed by atoms with van der Waals surface area (Å²) in [5.74, 6) is 0.00774. The lowest BCUT2D eigenvalue weighted by Crippen LogP contribution is -2.39. The fourth-order valence-corrected chi connectivity index (χ4v) is 4.72. The highest BCUT2D eigenvalue weighted by molar-refractivity contribution is 7.57. The van der Waals surface area contributed by atoms with Gasteiger partial charge in [0.2, 0.25) is 0 Å². The Hall–Kier alpha value is -1.43. The molecule has 0 radical (unpaired) electrons. The molecule has 0 unspecified atom stereocenters. The van der Waals surface area contributed by atoms with Crippen LogP contribution in [-0.4, -0.2) is 39.4 Å². The zero-order chi connectivity index (χ0) is 18.3. The van der Waals surface area contributed by atoms with E-state index in [0.717, 1.165) is 0 Å². The number of carbonyl (C=O) groups is 2. The summed E-state index contributed by atoms with van der Waals surface area (Å²) in [4.78, 5) is 24.1. The molecule has 1 saturated heterocycles. The molecule has 7 nitrogen and oxygen atoms in total. The second kappa shape index (κ2) is 6.14. The molecule has 0 saturated carbocycles. The monoisotopic (exact) mass is 358 g/mol. The van der Waals surface area contributed by atoms with Crippen LogP contribution >= 0.6 is 7.60 Å². The molecule has 0 amide bonds. The van der Waals surface area contributed by atoms with Crippen molar-refractivity contribution in [2.24, 2.45) is 10.8 Å². The van der Waals surface area contributed by atoms with E-state index in [-0.39, 0.29) is 29.8 Å². The van der Waals surface area contributed by atoms with Crippen LogP contribution in [0.5, 0.6) is 0 Å². The molecule has 1 heterocycles. The van der Waals surface area contributed by atoms with E-state index < -0.39 is 24.9 Å². The van der Waals surface area contributed by atoms with Gasteiger partial charge in [-0.3, -0.25) is 4.57 Å². The van der Waals surface area contributed by atoms with Crippen LogP contribution < -0.4 is 0 Å². The van der Waals surface area contributed by atoms with Crippen LogP contribution in [-0.2, 0) is 32.7 Å². The maximum atomic E-state index is 12.8. The first-order chi connectivity index (χ1) is 11.0. The highest BCUT2D eigenvalue weighted by Crippen LogP contribution is 2.61. The summed E-state index contributed by atoms with van der Waals surface area (Å²) in [5, 5.41) is 0. The van der Waals surface area contributed by atoms with E-state index in [1.165, 1.54) is 20.0 Å². The van der Waals surface area contributed by atoms with Gasteiger partial charge in [-0.05, 0) is 5.57 Å². The average molecular weight is 358 g/mol. The Kier molecular flexibility index (Phi) is 4.83. The van der Waals surface area contributed by atoms with E-state index in [4.69, 9.17) is 18.5 Å². The Labute approximate surface area is 141 Å². The van der Waals surface area contributed by atoms with Crippen LogP contribution in [0.25, 0.3) is 0 Å². The molecule has 8 heteroatoms. The molecule has 24 heavy (non-hydrogen) atoms. The predicted octanol–water partition coefficient (Wildman–Crippen LogP) is 2.82. The lowest BCUT2D eigenvalue weighted by Gasteiger charge is -2.42. The Bertz CT molecular complexity index is 671. The third kappa shape index (κ3) is 3.21. The van der Waals surface area contributed by atoms with Gasteiger partial charge < -0.3 is 18.5 Å². The Balaban J connectivity index is 2.46. The van der Waals surface area contributed by atoms with E-state index in [1.54, 1.807) is 13.8 Å². The Morgan fingerprint density at radius 1 is 1.04 bits per heavy atom. The molecule has 0 aromatic rings. The first kappa shape index (κ1) is 18.9. The minimum atomic E-state index is -3.50. The lowest BCUT2D eigenvalue weighted by atomic mass is 9.62. The van der Waals surface area contributed by atoms with Crippen molar-refractivity contribution >= 4 is 19.5 Å².